The number of carbonyl (C=O) groups excluding carboxylic acids is 2. The van der Waals surface area contributed by atoms with Crippen LogP contribution in [0.3, 0.4) is 0 Å². The lowest BCUT2D eigenvalue weighted by molar-refractivity contribution is -0.153. The van der Waals surface area contributed by atoms with Crippen LogP contribution in [0.5, 0.6) is 0 Å². The minimum Gasteiger partial charge on any atom is -0.451 e. The molecular weight excluding hydrogens is 402 g/mol. The number of imidazole rings is 1. The summed E-state index contributed by atoms with van der Waals surface area (Å²) in [6.45, 7) is 0.728. The van der Waals surface area contributed by atoms with E-state index in [0.717, 1.165) is 9.13 Å². The SMILES string of the molecule is CC(OC(=O)Cn1c(=O)c2c(ncn2C)n(C)c1=O)C(=O)Nc1ccccc1Cl. The van der Waals surface area contributed by atoms with E-state index in [1.54, 1.807) is 31.3 Å². The van der Waals surface area contributed by atoms with Gasteiger partial charge in [0.25, 0.3) is 11.5 Å². The summed E-state index contributed by atoms with van der Waals surface area (Å²) in [5.41, 5.74) is -0.641. The summed E-state index contributed by atoms with van der Waals surface area (Å²) >= 11 is 5.98. The molecule has 0 aliphatic rings. The van der Waals surface area contributed by atoms with Crippen molar-refractivity contribution in [2.75, 3.05) is 5.32 Å². The van der Waals surface area contributed by atoms with Gasteiger partial charge in [-0.3, -0.25) is 19.0 Å². The average Bonchev–Trinajstić information content (AvgIpc) is 3.07. The molecule has 152 valence electrons. The highest BCUT2D eigenvalue weighted by Gasteiger charge is 2.22. The highest BCUT2D eigenvalue weighted by atomic mass is 35.5. The predicted octanol–water partition coefficient (Wildman–Crippen LogP) is 0.657. The summed E-state index contributed by atoms with van der Waals surface area (Å²) in [5, 5.41) is 2.88. The minimum atomic E-state index is -1.17. The van der Waals surface area contributed by atoms with Gasteiger partial charge in [-0.1, -0.05) is 23.7 Å². The maximum atomic E-state index is 12.6. The van der Waals surface area contributed by atoms with E-state index in [4.69, 9.17) is 16.3 Å². The number of fused-ring (bicyclic) bond motifs is 1. The fraction of sp³-hybridized carbons (Fsp3) is 0.278. The van der Waals surface area contributed by atoms with Crippen LogP contribution in [0, 0.1) is 0 Å². The normalized spacial score (nSPS) is 12.0. The number of ether oxygens (including phenoxy) is 1. The number of hydrogen-bond donors (Lipinski definition) is 1. The second kappa shape index (κ2) is 7.92. The molecule has 1 atom stereocenters. The van der Waals surface area contributed by atoms with Crippen molar-refractivity contribution in [3.05, 3.63) is 56.5 Å². The first-order valence-corrected chi connectivity index (χ1v) is 8.94. The zero-order valence-corrected chi connectivity index (χ0v) is 16.6. The summed E-state index contributed by atoms with van der Waals surface area (Å²) in [7, 11) is 3.05. The lowest BCUT2D eigenvalue weighted by Gasteiger charge is -2.15. The van der Waals surface area contributed by atoms with Gasteiger partial charge in [-0.15, -0.1) is 0 Å². The molecule has 0 saturated carbocycles. The van der Waals surface area contributed by atoms with Crippen LogP contribution in [-0.2, 0) is 35.0 Å². The summed E-state index contributed by atoms with van der Waals surface area (Å²) in [5.74, 6) is -1.51. The van der Waals surface area contributed by atoms with Crippen LogP contribution < -0.4 is 16.6 Å². The minimum absolute atomic E-state index is 0.171. The second-order valence-electron chi connectivity index (χ2n) is 6.36. The van der Waals surface area contributed by atoms with Gasteiger partial charge in [-0.2, -0.15) is 0 Å². The van der Waals surface area contributed by atoms with Crippen LogP contribution in [0.25, 0.3) is 11.2 Å². The molecule has 1 amide bonds. The molecule has 1 unspecified atom stereocenters. The standard InChI is InChI=1S/C18H18ClN5O5/c1-10(16(26)21-12-7-5-4-6-11(12)19)29-13(25)8-24-17(27)14-15(20-9-22(14)2)23(3)18(24)28/h4-7,9-10H,8H2,1-3H3,(H,21,26). The molecule has 10 nitrogen and oxygen atoms in total. The quantitative estimate of drug-likeness (QED) is 0.607. The van der Waals surface area contributed by atoms with Gasteiger partial charge in [-0.05, 0) is 19.1 Å². The first-order valence-electron chi connectivity index (χ1n) is 8.56. The van der Waals surface area contributed by atoms with Crippen LogP contribution in [-0.4, -0.2) is 36.7 Å². The fourth-order valence-corrected chi connectivity index (χ4v) is 2.93. The molecule has 0 saturated heterocycles. The number of nitrogens with zero attached hydrogens (tertiary/aromatic N) is 4. The Morgan fingerprint density at radius 3 is 2.62 bits per heavy atom. The van der Waals surface area contributed by atoms with E-state index in [2.05, 4.69) is 10.3 Å². The zero-order valence-electron chi connectivity index (χ0n) is 15.9. The van der Waals surface area contributed by atoms with Crippen molar-refractivity contribution < 1.29 is 14.3 Å². The highest BCUT2D eigenvalue weighted by Crippen LogP contribution is 2.20. The topological polar surface area (TPSA) is 117 Å². The average molecular weight is 420 g/mol. The number of nitrogens with one attached hydrogen (secondary N) is 1. The molecule has 3 rings (SSSR count). The molecule has 11 heteroatoms. The number of rotatable bonds is 5. The molecule has 1 aromatic carbocycles. The zero-order chi connectivity index (χ0) is 21.3. The lowest BCUT2D eigenvalue weighted by Crippen LogP contribution is -2.42. The number of amides is 1. The number of carbonyl (C=O) groups is 2. The van der Waals surface area contributed by atoms with Gasteiger partial charge in [0.05, 0.1) is 17.0 Å². The largest absolute Gasteiger partial charge is 0.451 e. The van der Waals surface area contributed by atoms with E-state index >= 15 is 0 Å². The van der Waals surface area contributed by atoms with Gasteiger partial charge >= 0.3 is 11.7 Å². The van der Waals surface area contributed by atoms with Crippen molar-refractivity contribution >= 4 is 40.3 Å². The molecule has 2 aromatic heterocycles. The smallest absolute Gasteiger partial charge is 0.333 e. The molecule has 3 aromatic rings. The van der Waals surface area contributed by atoms with Crippen molar-refractivity contribution in [3.8, 4) is 0 Å². The second-order valence-corrected chi connectivity index (χ2v) is 6.77. The Bertz CT molecular complexity index is 1230. The Morgan fingerprint density at radius 1 is 1.24 bits per heavy atom. The third kappa shape index (κ3) is 3.92. The molecule has 0 aliphatic carbocycles. The maximum Gasteiger partial charge on any atom is 0.333 e. The summed E-state index contributed by atoms with van der Waals surface area (Å²) in [4.78, 5) is 53.5. The van der Waals surface area contributed by atoms with Gasteiger partial charge < -0.3 is 14.6 Å². The number of hydrogen-bond acceptors (Lipinski definition) is 6. The number of para-hydroxylation sites is 1. The van der Waals surface area contributed by atoms with E-state index in [9.17, 15) is 19.2 Å². The third-order valence-electron chi connectivity index (χ3n) is 4.30. The molecule has 1 N–H and O–H groups in total. The molecule has 2 heterocycles. The van der Waals surface area contributed by atoms with Crippen molar-refractivity contribution in [1.82, 2.24) is 18.7 Å². The third-order valence-corrected chi connectivity index (χ3v) is 4.63. The van der Waals surface area contributed by atoms with Gasteiger partial charge in [0.15, 0.2) is 17.3 Å². The molecule has 0 radical (unpaired) electrons. The Labute approximate surface area is 169 Å². The van der Waals surface area contributed by atoms with Crippen molar-refractivity contribution in [3.63, 3.8) is 0 Å². The first-order chi connectivity index (χ1) is 13.7. The summed E-state index contributed by atoms with van der Waals surface area (Å²) < 4.78 is 8.44. The predicted molar refractivity (Wildman–Crippen MR) is 106 cm³/mol. The van der Waals surface area contributed by atoms with Crippen molar-refractivity contribution in [2.24, 2.45) is 14.1 Å². The van der Waals surface area contributed by atoms with E-state index in [0.29, 0.717) is 10.7 Å². The number of anilines is 1. The van der Waals surface area contributed by atoms with E-state index in [-0.39, 0.29) is 11.2 Å². The fourth-order valence-electron chi connectivity index (χ4n) is 2.75. The van der Waals surface area contributed by atoms with Gasteiger partial charge in [0.1, 0.15) is 6.54 Å². The highest BCUT2D eigenvalue weighted by molar-refractivity contribution is 6.33. The van der Waals surface area contributed by atoms with Crippen LogP contribution in [0.15, 0.2) is 40.2 Å². The van der Waals surface area contributed by atoms with Crippen molar-refractivity contribution in [2.45, 2.75) is 19.6 Å². The Morgan fingerprint density at radius 2 is 1.93 bits per heavy atom. The lowest BCUT2D eigenvalue weighted by atomic mass is 10.3. The molecular formula is C18H18ClN5O5. The number of aromatic nitrogens is 4. The Kier molecular flexibility index (Phi) is 5.55. The Hall–Kier alpha value is -3.40. The molecule has 29 heavy (non-hydrogen) atoms. The van der Waals surface area contributed by atoms with E-state index in [1.165, 1.54) is 24.9 Å². The molecule has 0 fully saturated rings. The van der Waals surface area contributed by atoms with E-state index in [1.807, 2.05) is 0 Å². The van der Waals surface area contributed by atoms with Crippen molar-refractivity contribution in [1.29, 1.82) is 0 Å². The van der Waals surface area contributed by atoms with Gasteiger partial charge in [0, 0.05) is 14.1 Å². The first kappa shape index (κ1) is 20.3. The van der Waals surface area contributed by atoms with Gasteiger partial charge in [0.2, 0.25) is 0 Å². The van der Waals surface area contributed by atoms with Crippen LogP contribution in [0.2, 0.25) is 5.02 Å². The monoisotopic (exact) mass is 419 g/mol. The van der Waals surface area contributed by atoms with Crippen LogP contribution in [0.4, 0.5) is 5.69 Å². The molecule has 0 aliphatic heterocycles. The number of aryl methyl sites for hydroxylation is 2. The van der Waals surface area contributed by atoms with E-state index < -0.39 is 35.8 Å². The number of benzene rings is 1. The van der Waals surface area contributed by atoms with Crippen LogP contribution in [0.1, 0.15) is 6.92 Å². The summed E-state index contributed by atoms with van der Waals surface area (Å²) in [6, 6.07) is 6.60. The number of halogens is 1. The summed E-state index contributed by atoms with van der Waals surface area (Å²) in [6.07, 6.45) is 0.230. The number of esters is 1. The maximum absolute atomic E-state index is 12.6. The van der Waals surface area contributed by atoms with Gasteiger partial charge in [-0.25, -0.2) is 14.3 Å². The van der Waals surface area contributed by atoms with Crippen LogP contribution >= 0.6 is 11.6 Å². The Balaban J connectivity index is 1.76. The molecule has 0 spiro atoms. The molecule has 0 bridgehead atoms.